The minimum Gasteiger partial charge on any atom is -0.493 e. The van der Waals surface area contributed by atoms with Gasteiger partial charge in [0.15, 0.2) is 16.6 Å². The molecule has 0 spiro atoms. The number of rotatable bonds is 6. The first-order valence-corrected chi connectivity index (χ1v) is 9.82. The lowest BCUT2D eigenvalue weighted by molar-refractivity contribution is -0.116. The van der Waals surface area contributed by atoms with E-state index in [1.807, 2.05) is 55.6 Å². The van der Waals surface area contributed by atoms with Crippen molar-refractivity contribution in [3.05, 3.63) is 64.5 Å². The maximum atomic E-state index is 12.2. The fourth-order valence-electron chi connectivity index (χ4n) is 3.25. The quantitative estimate of drug-likeness (QED) is 0.653. The van der Waals surface area contributed by atoms with Gasteiger partial charge in [-0.05, 0) is 23.3 Å². The third-order valence-electron chi connectivity index (χ3n) is 4.66. The van der Waals surface area contributed by atoms with E-state index in [-0.39, 0.29) is 11.8 Å². The molecule has 2 N–H and O–H groups in total. The molecule has 0 saturated heterocycles. The SMILES string of the molecule is CNc1nc2c(s1)[C@@H](c1ccc(OCc3ccccc3)c(OC)c1)CC(=O)N2. The van der Waals surface area contributed by atoms with Crippen molar-refractivity contribution in [3.63, 3.8) is 0 Å². The lowest BCUT2D eigenvalue weighted by Crippen LogP contribution is -2.22. The second-order valence-corrected chi connectivity index (χ2v) is 7.50. The minimum absolute atomic E-state index is 0.0335. The van der Waals surface area contributed by atoms with Crippen molar-refractivity contribution in [2.24, 2.45) is 0 Å². The van der Waals surface area contributed by atoms with Crippen molar-refractivity contribution in [2.45, 2.75) is 18.9 Å². The molecule has 0 radical (unpaired) electrons. The van der Waals surface area contributed by atoms with Crippen LogP contribution in [0.4, 0.5) is 10.9 Å². The topological polar surface area (TPSA) is 72.5 Å². The number of fused-ring (bicyclic) bond motifs is 1. The van der Waals surface area contributed by atoms with Crippen molar-refractivity contribution in [1.82, 2.24) is 4.98 Å². The number of carbonyl (C=O) groups is 1. The van der Waals surface area contributed by atoms with Gasteiger partial charge in [0.05, 0.1) is 12.0 Å². The first-order valence-electron chi connectivity index (χ1n) is 9.01. The Morgan fingerprint density at radius 2 is 2.04 bits per heavy atom. The van der Waals surface area contributed by atoms with E-state index >= 15 is 0 Å². The van der Waals surface area contributed by atoms with Crippen LogP contribution in [0.5, 0.6) is 11.5 Å². The highest BCUT2D eigenvalue weighted by Crippen LogP contribution is 2.44. The zero-order valence-corrected chi connectivity index (χ0v) is 16.5. The van der Waals surface area contributed by atoms with E-state index in [1.54, 1.807) is 18.4 Å². The van der Waals surface area contributed by atoms with Gasteiger partial charge in [0.2, 0.25) is 5.91 Å². The molecule has 1 aliphatic heterocycles. The number of ether oxygens (including phenoxy) is 2. The third kappa shape index (κ3) is 3.66. The van der Waals surface area contributed by atoms with Crippen LogP contribution < -0.4 is 20.1 Å². The number of amides is 1. The number of carbonyl (C=O) groups excluding carboxylic acids is 1. The highest BCUT2D eigenvalue weighted by Gasteiger charge is 2.30. The second-order valence-electron chi connectivity index (χ2n) is 6.47. The zero-order valence-electron chi connectivity index (χ0n) is 15.7. The van der Waals surface area contributed by atoms with Crippen LogP contribution in [0.15, 0.2) is 48.5 Å². The molecule has 2 heterocycles. The highest BCUT2D eigenvalue weighted by molar-refractivity contribution is 7.16. The molecule has 7 heteroatoms. The van der Waals surface area contributed by atoms with E-state index in [9.17, 15) is 4.79 Å². The van der Waals surface area contributed by atoms with Crippen LogP contribution in [0.2, 0.25) is 0 Å². The van der Waals surface area contributed by atoms with Crippen LogP contribution in [-0.2, 0) is 11.4 Å². The molecule has 1 aromatic heterocycles. The number of nitrogens with one attached hydrogen (secondary N) is 2. The van der Waals surface area contributed by atoms with E-state index < -0.39 is 0 Å². The van der Waals surface area contributed by atoms with Crippen molar-refractivity contribution in [3.8, 4) is 11.5 Å². The Bertz CT molecular complexity index is 988. The van der Waals surface area contributed by atoms with Crippen molar-refractivity contribution < 1.29 is 14.3 Å². The van der Waals surface area contributed by atoms with Crippen LogP contribution in [-0.4, -0.2) is 25.0 Å². The Balaban J connectivity index is 1.61. The van der Waals surface area contributed by atoms with Gasteiger partial charge < -0.3 is 20.1 Å². The van der Waals surface area contributed by atoms with Gasteiger partial charge in [-0.15, -0.1) is 0 Å². The van der Waals surface area contributed by atoms with E-state index in [1.165, 1.54) is 0 Å². The monoisotopic (exact) mass is 395 g/mol. The van der Waals surface area contributed by atoms with Crippen molar-refractivity contribution in [2.75, 3.05) is 24.8 Å². The molecule has 144 valence electrons. The molecule has 0 saturated carbocycles. The summed E-state index contributed by atoms with van der Waals surface area (Å²) in [5.74, 6) is 1.88. The summed E-state index contributed by atoms with van der Waals surface area (Å²) in [6.07, 6.45) is 0.381. The maximum Gasteiger partial charge on any atom is 0.226 e. The molecule has 0 bridgehead atoms. The number of hydrogen-bond donors (Lipinski definition) is 2. The third-order valence-corrected chi connectivity index (χ3v) is 5.84. The average molecular weight is 395 g/mol. The summed E-state index contributed by atoms with van der Waals surface area (Å²) < 4.78 is 11.5. The summed E-state index contributed by atoms with van der Waals surface area (Å²) in [6.45, 7) is 0.465. The Morgan fingerprint density at radius 3 is 2.79 bits per heavy atom. The highest BCUT2D eigenvalue weighted by atomic mass is 32.1. The Kier molecular flexibility index (Phi) is 5.16. The summed E-state index contributed by atoms with van der Waals surface area (Å²) in [6, 6.07) is 15.8. The Hall–Kier alpha value is -3.06. The van der Waals surface area contributed by atoms with Gasteiger partial charge in [-0.2, -0.15) is 0 Å². The van der Waals surface area contributed by atoms with Crippen LogP contribution in [0, 0.1) is 0 Å². The molecule has 1 amide bonds. The number of aromatic nitrogens is 1. The number of nitrogens with zero attached hydrogens (tertiary/aromatic N) is 1. The predicted molar refractivity (Wildman–Crippen MR) is 111 cm³/mol. The molecule has 4 rings (SSSR count). The van der Waals surface area contributed by atoms with Gasteiger partial charge in [-0.3, -0.25) is 4.79 Å². The van der Waals surface area contributed by atoms with Crippen LogP contribution in [0.3, 0.4) is 0 Å². The molecule has 3 aromatic rings. The molecule has 0 fully saturated rings. The summed E-state index contributed by atoms with van der Waals surface area (Å²) in [7, 11) is 3.45. The van der Waals surface area contributed by atoms with Gasteiger partial charge in [0.25, 0.3) is 0 Å². The second kappa shape index (κ2) is 7.90. The molecular weight excluding hydrogens is 374 g/mol. The van der Waals surface area contributed by atoms with Crippen LogP contribution in [0.1, 0.15) is 28.3 Å². The summed E-state index contributed by atoms with van der Waals surface area (Å²) in [4.78, 5) is 17.6. The smallest absolute Gasteiger partial charge is 0.226 e. The largest absolute Gasteiger partial charge is 0.493 e. The van der Waals surface area contributed by atoms with E-state index in [4.69, 9.17) is 9.47 Å². The lowest BCUT2D eigenvalue weighted by atomic mass is 9.91. The zero-order chi connectivity index (χ0) is 19.5. The van der Waals surface area contributed by atoms with Crippen molar-refractivity contribution in [1.29, 1.82) is 0 Å². The van der Waals surface area contributed by atoms with Gasteiger partial charge in [0, 0.05) is 19.4 Å². The number of thiazole rings is 1. The first kappa shape index (κ1) is 18.3. The van der Waals surface area contributed by atoms with Crippen LogP contribution >= 0.6 is 11.3 Å². The number of methoxy groups -OCH3 is 1. The minimum atomic E-state index is -0.0552. The summed E-state index contributed by atoms with van der Waals surface area (Å²) >= 11 is 1.56. The lowest BCUT2D eigenvalue weighted by Gasteiger charge is -2.22. The number of hydrogen-bond acceptors (Lipinski definition) is 6. The van der Waals surface area contributed by atoms with E-state index in [0.29, 0.717) is 30.3 Å². The summed E-state index contributed by atoms with van der Waals surface area (Å²) in [5, 5.41) is 6.69. The normalized spacial score (nSPS) is 15.5. The predicted octanol–water partition coefficient (Wildman–Crippen LogP) is 4.25. The maximum absolute atomic E-state index is 12.2. The number of benzene rings is 2. The molecule has 2 aromatic carbocycles. The van der Waals surface area contributed by atoms with Gasteiger partial charge in [-0.1, -0.05) is 47.7 Å². The Morgan fingerprint density at radius 1 is 1.21 bits per heavy atom. The van der Waals surface area contributed by atoms with Gasteiger partial charge in [-0.25, -0.2) is 4.98 Å². The number of anilines is 2. The fraction of sp³-hybridized carbons (Fsp3) is 0.238. The molecule has 0 unspecified atom stereocenters. The van der Waals surface area contributed by atoms with Gasteiger partial charge in [0.1, 0.15) is 12.4 Å². The van der Waals surface area contributed by atoms with Crippen LogP contribution in [0.25, 0.3) is 0 Å². The average Bonchev–Trinajstić information content (AvgIpc) is 3.15. The van der Waals surface area contributed by atoms with Gasteiger partial charge >= 0.3 is 0 Å². The van der Waals surface area contributed by atoms with E-state index in [0.717, 1.165) is 21.1 Å². The molecule has 0 aliphatic carbocycles. The molecular formula is C21H21N3O3S. The molecule has 1 atom stereocenters. The molecule has 6 nitrogen and oxygen atoms in total. The van der Waals surface area contributed by atoms with E-state index in [2.05, 4.69) is 15.6 Å². The standard InChI is InChI=1S/C21H21N3O3S/c1-22-21-24-20-19(28-21)15(11-18(25)23-20)14-8-9-16(17(10-14)26-2)27-12-13-6-4-3-5-7-13/h3-10,15H,11-12H2,1-2H3,(H,22,24)(H,23,25)/t15-/m1/s1. The molecule has 1 aliphatic rings. The van der Waals surface area contributed by atoms with Crippen molar-refractivity contribution >= 4 is 28.2 Å². The molecule has 28 heavy (non-hydrogen) atoms. The summed E-state index contributed by atoms with van der Waals surface area (Å²) in [5.41, 5.74) is 2.10. The first-order chi connectivity index (χ1) is 13.7. The Labute approximate surface area is 167 Å². The fourth-order valence-corrected chi connectivity index (χ4v) is 4.25.